The average Bonchev–Trinajstić information content (AvgIpc) is 2.89. The lowest BCUT2D eigenvalue weighted by molar-refractivity contribution is 0.100. The summed E-state index contributed by atoms with van der Waals surface area (Å²) in [5, 5.41) is 3.55. The number of carbonyl (C=O) groups is 1. The smallest absolute Gasteiger partial charge is 0.250 e. The second kappa shape index (κ2) is 5.46. The molecule has 6 heteroatoms. The number of fused-ring (bicyclic) bond motifs is 1. The molecule has 0 aliphatic rings. The van der Waals surface area contributed by atoms with Gasteiger partial charge in [-0.05, 0) is 30.3 Å². The van der Waals surface area contributed by atoms with Gasteiger partial charge in [0.2, 0.25) is 5.91 Å². The van der Waals surface area contributed by atoms with E-state index in [0.717, 1.165) is 17.0 Å². The fraction of sp³-hybridized carbons (Fsp3) is 0.0667. The van der Waals surface area contributed by atoms with Crippen molar-refractivity contribution in [2.24, 2.45) is 5.73 Å². The number of hydrogen-bond acceptors (Lipinski definition) is 3. The largest absolute Gasteiger partial charge is 0.379 e. The Morgan fingerprint density at radius 1 is 1.33 bits per heavy atom. The van der Waals surface area contributed by atoms with Crippen LogP contribution in [0.5, 0.6) is 0 Å². The average molecular weight is 301 g/mol. The Kier molecular flexibility index (Phi) is 3.50. The van der Waals surface area contributed by atoms with Crippen LogP contribution in [0, 0.1) is 0 Å². The SMILES string of the molecule is NC(=O)c1cc(NCc2cn3ccccc3n2)ccc1Cl. The number of nitrogens with one attached hydrogen (secondary N) is 1. The molecule has 0 radical (unpaired) electrons. The fourth-order valence-electron chi connectivity index (χ4n) is 2.09. The second-order valence-electron chi connectivity index (χ2n) is 4.61. The lowest BCUT2D eigenvalue weighted by Gasteiger charge is -2.07. The highest BCUT2D eigenvalue weighted by Gasteiger charge is 2.08. The first-order valence-corrected chi connectivity index (χ1v) is 6.77. The van der Waals surface area contributed by atoms with Crippen molar-refractivity contribution in [1.29, 1.82) is 0 Å². The van der Waals surface area contributed by atoms with Crippen molar-refractivity contribution < 1.29 is 4.79 Å². The lowest BCUT2D eigenvalue weighted by Crippen LogP contribution is -2.12. The molecule has 0 atom stereocenters. The van der Waals surface area contributed by atoms with Crippen LogP contribution in [0.2, 0.25) is 5.02 Å². The summed E-state index contributed by atoms with van der Waals surface area (Å²) in [6.45, 7) is 0.543. The number of aromatic nitrogens is 2. The zero-order valence-corrected chi connectivity index (χ0v) is 11.8. The monoisotopic (exact) mass is 300 g/mol. The molecule has 2 aromatic heterocycles. The zero-order valence-electron chi connectivity index (χ0n) is 11.1. The van der Waals surface area contributed by atoms with Crippen molar-refractivity contribution in [3.05, 3.63) is 65.1 Å². The summed E-state index contributed by atoms with van der Waals surface area (Å²) in [5.74, 6) is -0.545. The van der Waals surface area contributed by atoms with Crippen LogP contribution in [0.1, 0.15) is 16.1 Å². The Labute approximate surface area is 126 Å². The van der Waals surface area contributed by atoms with E-state index in [9.17, 15) is 4.79 Å². The quantitative estimate of drug-likeness (QED) is 0.778. The number of anilines is 1. The third kappa shape index (κ3) is 2.83. The summed E-state index contributed by atoms with van der Waals surface area (Å²) < 4.78 is 1.95. The van der Waals surface area contributed by atoms with Gasteiger partial charge < -0.3 is 15.5 Å². The van der Waals surface area contributed by atoms with Gasteiger partial charge in [-0.3, -0.25) is 4.79 Å². The van der Waals surface area contributed by atoms with Crippen LogP contribution in [-0.2, 0) is 6.54 Å². The van der Waals surface area contributed by atoms with Gasteiger partial charge >= 0.3 is 0 Å². The summed E-state index contributed by atoms with van der Waals surface area (Å²) >= 11 is 5.92. The van der Waals surface area contributed by atoms with E-state index in [4.69, 9.17) is 17.3 Å². The van der Waals surface area contributed by atoms with Crippen molar-refractivity contribution in [2.75, 3.05) is 5.32 Å². The van der Waals surface area contributed by atoms with E-state index in [1.807, 2.05) is 35.0 Å². The highest BCUT2D eigenvalue weighted by molar-refractivity contribution is 6.33. The van der Waals surface area contributed by atoms with E-state index in [2.05, 4.69) is 10.3 Å². The minimum Gasteiger partial charge on any atom is -0.379 e. The summed E-state index contributed by atoms with van der Waals surface area (Å²) in [5.41, 5.74) is 8.14. The molecule has 21 heavy (non-hydrogen) atoms. The third-order valence-corrected chi connectivity index (χ3v) is 3.45. The summed E-state index contributed by atoms with van der Waals surface area (Å²) in [4.78, 5) is 15.7. The van der Waals surface area contributed by atoms with E-state index in [0.29, 0.717) is 17.1 Å². The maximum atomic E-state index is 11.3. The number of nitrogens with zero attached hydrogens (tertiary/aromatic N) is 2. The number of pyridine rings is 1. The standard InChI is InChI=1S/C15H13ClN4O/c16-13-5-4-10(7-12(13)15(17)21)18-8-11-9-20-6-2-1-3-14(20)19-11/h1-7,9,18H,8H2,(H2,17,21). The molecule has 0 unspecified atom stereocenters. The van der Waals surface area contributed by atoms with E-state index in [-0.39, 0.29) is 0 Å². The zero-order chi connectivity index (χ0) is 14.8. The van der Waals surface area contributed by atoms with Crippen LogP contribution >= 0.6 is 11.6 Å². The van der Waals surface area contributed by atoms with Gasteiger partial charge in [0, 0.05) is 18.1 Å². The summed E-state index contributed by atoms with van der Waals surface area (Å²) in [6, 6.07) is 10.9. The molecule has 3 N–H and O–H groups in total. The lowest BCUT2D eigenvalue weighted by atomic mass is 10.2. The topological polar surface area (TPSA) is 72.4 Å². The van der Waals surface area contributed by atoms with Crippen LogP contribution < -0.4 is 11.1 Å². The van der Waals surface area contributed by atoms with E-state index in [1.54, 1.807) is 18.2 Å². The number of amides is 1. The van der Waals surface area contributed by atoms with Gasteiger partial charge in [-0.25, -0.2) is 4.98 Å². The highest BCUT2D eigenvalue weighted by atomic mass is 35.5. The number of rotatable bonds is 4. The van der Waals surface area contributed by atoms with E-state index >= 15 is 0 Å². The van der Waals surface area contributed by atoms with Crippen molar-refractivity contribution in [3.8, 4) is 0 Å². The minimum absolute atomic E-state index is 0.302. The van der Waals surface area contributed by atoms with Crippen molar-refractivity contribution in [2.45, 2.75) is 6.54 Å². The van der Waals surface area contributed by atoms with Crippen LogP contribution in [0.15, 0.2) is 48.8 Å². The predicted molar refractivity (Wildman–Crippen MR) is 82.5 cm³/mol. The number of carbonyl (C=O) groups excluding carboxylic acids is 1. The maximum Gasteiger partial charge on any atom is 0.250 e. The van der Waals surface area contributed by atoms with E-state index < -0.39 is 5.91 Å². The number of imidazole rings is 1. The number of halogens is 1. The molecule has 3 rings (SSSR count). The van der Waals surface area contributed by atoms with Gasteiger partial charge in [0.15, 0.2) is 0 Å². The fourth-order valence-corrected chi connectivity index (χ4v) is 2.30. The molecule has 0 fully saturated rings. The molecule has 106 valence electrons. The number of hydrogen-bond donors (Lipinski definition) is 2. The molecule has 3 aromatic rings. The van der Waals surface area contributed by atoms with E-state index in [1.165, 1.54) is 0 Å². The number of nitrogens with two attached hydrogens (primary N) is 1. The van der Waals surface area contributed by atoms with Crippen LogP contribution in [-0.4, -0.2) is 15.3 Å². The molecule has 0 bridgehead atoms. The van der Waals surface area contributed by atoms with Gasteiger partial charge in [-0.15, -0.1) is 0 Å². The van der Waals surface area contributed by atoms with Gasteiger partial charge in [-0.2, -0.15) is 0 Å². The molecular formula is C15H13ClN4O. The Bertz CT molecular complexity index is 779. The Balaban J connectivity index is 1.78. The molecule has 0 spiro atoms. The second-order valence-corrected chi connectivity index (χ2v) is 5.02. The molecule has 2 heterocycles. The van der Waals surface area contributed by atoms with Crippen molar-refractivity contribution in [1.82, 2.24) is 9.38 Å². The van der Waals surface area contributed by atoms with Crippen LogP contribution in [0.3, 0.4) is 0 Å². The molecule has 0 aliphatic carbocycles. The number of benzene rings is 1. The maximum absolute atomic E-state index is 11.3. The van der Waals surface area contributed by atoms with Crippen molar-refractivity contribution >= 4 is 28.8 Å². The molecule has 5 nitrogen and oxygen atoms in total. The molecule has 1 amide bonds. The van der Waals surface area contributed by atoms with Crippen molar-refractivity contribution in [3.63, 3.8) is 0 Å². The molecule has 1 aromatic carbocycles. The normalized spacial score (nSPS) is 10.7. The highest BCUT2D eigenvalue weighted by Crippen LogP contribution is 2.20. The Morgan fingerprint density at radius 2 is 2.19 bits per heavy atom. The minimum atomic E-state index is -0.545. The summed E-state index contributed by atoms with van der Waals surface area (Å²) in [7, 11) is 0. The third-order valence-electron chi connectivity index (χ3n) is 3.12. The van der Waals surface area contributed by atoms with Crippen LogP contribution in [0.25, 0.3) is 5.65 Å². The number of primary amides is 1. The van der Waals surface area contributed by atoms with Gasteiger partial charge in [-0.1, -0.05) is 17.7 Å². The first kappa shape index (κ1) is 13.5. The first-order valence-electron chi connectivity index (χ1n) is 6.39. The first-order chi connectivity index (χ1) is 10.1. The molecule has 0 saturated carbocycles. The molecule has 0 saturated heterocycles. The summed E-state index contributed by atoms with van der Waals surface area (Å²) in [6.07, 6.45) is 3.90. The van der Waals surface area contributed by atoms with Gasteiger partial charge in [0.25, 0.3) is 0 Å². The molecule has 0 aliphatic heterocycles. The molecular weight excluding hydrogens is 288 g/mol. The van der Waals surface area contributed by atoms with Gasteiger partial charge in [0.05, 0.1) is 22.8 Å². The van der Waals surface area contributed by atoms with Gasteiger partial charge in [0.1, 0.15) is 5.65 Å². The predicted octanol–water partition coefficient (Wildman–Crippen LogP) is 2.70. The Hall–Kier alpha value is -2.53. The Morgan fingerprint density at radius 3 is 2.95 bits per heavy atom. The van der Waals surface area contributed by atoms with Crippen LogP contribution in [0.4, 0.5) is 5.69 Å².